The van der Waals surface area contributed by atoms with Crippen molar-refractivity contribution in [1.82, 2.24) is 29.5 Å². The molecular formula is C87H62N6S. The van der Waals surface area contributed by atoms with Crippen LogP contribution in [0.2, 0.25) is 0 Å². The summed E-state index contributed by atoms with van der Waals surface area (Å²) < 4.78 is 4.92. The molecule has 7 heteroatoms. The third-order valence-corrected chi connectivity index (χ3v) is 21.9. The lowest BCUT2D eigenvalue weighted by Gasteiger charge is -2.17. The summed E-state index contributed by atoms with van der Waals surface area (Å²) in [5, 5.41) is 14.4. The molecule has 0 fully saturated rings. The summed E-state index contributed by atoms with van der Waals surface area (Å²) in [6.07, 6.45) is 8.71. The number of aromatic nitrogens is 6. The topological polar surface area (TPSA) is 69.4 Å². The number of fused-ring (bicyclic) bond motifs is 14. The molecule has 6 nitrogen and oxygen atoms in total. The van der Waals surface area contributed by atoms with E-state index in [1.807, 2.05) is 29.9 Å². The SMILES string of the molecule is Cc1cnc2c(ccc3c(C)c(C)c(-c4ccc(-c5ccc(-c6cccc7c6sc6cc(Cc8cnc9c(ccc%10c(C)c(C)c(-c%11ccc(-c%12ccc%13ccc(-n%14c%15ccccc%15c%15ccncc%15%14)cc%13c%12)cc%11)nc%109)c8C)ccc67)cc5)c5ccccc45)nc32)c1C. The van der Waals surface area contributed by atoms with Crippen molar-refractivity contribution in [2.45, 2.75) is 54.9 Å². The Bertz CT molecular complexity index is 6220. The lowest BCUT2D eigenvalue weighted by atomic mass is 9.90. The first-order chi connectivity index (χ1) is 46.0. The molecule has 446 valence electrons. The van der Waals surface area contributed by atoms with Crippen LogP contribution < -0.4 is 0 Å². The van der Waals surface area contributed by atoms with E-state index >= 15 is 0 Å². The quantitative estimate of drug-likeness (QED) is 0.142. The van der Waals surface area contributed by atoms with Gasteiger partial charge in [-0.25, -0.2) is 9.97 Å². The largest absolute Gasteiger partial charge is 0.308 e. The zero-order valence-electron chi connectivity index (χ0n) is 53.3. The molecule has 0 bridgehead atoms. The second-order valence-corrected chi connectivity index (χ2v) is 26.8. The third kappa shape index (κ3) is 8.64. The van der Waals surface area contributed by atoms with Gasteiger partial charge in [-0.1, -0.05) is 176 Å². The van der Waals surface area contributed by atoms with Gasteiger partial charge in [-0.15, -0.1) is 11.3 Å². The Morgan fingerprint density at radius 1 is 0.351 bits per heavy atom. The Balaban J connectivity index is 0.620. The zero-order chi connectivity index (χ0) is 63.2. The Kier molecular flexibility index (Phi) is 12.7. The van der Waals surface area contributed by atoms with Crippen molar-refractivity contribution in [3.63, 3.8) is 0 Å². The number of benzene rings is 11. The second-order valence-electron chi connectivity index (χ2n) is 25.8. The molecule has 0 amide bonds. The van der Waals surface area contributed by atoms with Crippen LogP contribution in [0.1, 0.15) is 50.1 Å². The van der Waals surface area contributed by atoms with Crippen LogP contribution in [0, 0.1) is 48.5 Å². The molecule has 0 N–H and O–H groups in total. The summed E-state index contributed by atoms with van der Waals surface area (Å²) in [5.41, 5.74) is 29.6. The van der Waals surface area contributed by atoms with Gasteiger partial charge in [-0.05, 0) is 196 Å². The van der Waals surface area contributed by atoms with Crippen LogP contribution in [0.15, 0.2) is 237 Å². The average molecular weight is 1220 g/mol. The molecule has 18 rings (SSSR count). The molecule has 7 heterocycles. The molecule has 0 radical (unpaired) electrons. The minimum atomic E-state index is 0.780. The predicted molar refractivity (Wildman–Crippen MR) is 397 cm³/mol. The van der Waals surface area contributed by atoms with Crippen molar-refractivity contribution in [3.05, 3.63) is 287 Å². The van der Waals surface area contributed by atoms with Crippen molar-refractivity contribution in [1.29, 1.82) is 0 Å². The number of aryl methyl sites for hydroxylation is 5. The van der Waals surface area contributed by atoms with E-state index in [0.29, 0.717) is 0 Å². The number of para-hydroxylation sites is 1. The molecule has 0 atom stereocenters. The highest BCUT2D eigenvalue weighted by Gasteiger charge is 2.22. The number of hydrogen-bond acceptors (Lipinski definition) is 6. The van der Waals surface area contributed by atoms with E-state index in [9.17, 15) is 0 Å². The fraction of sp³-hybridized carbons (Fsp3) is 0.0920. The molecule has 7 aromatic heterocycles. The van der Waals surface area contributed by atoms with Gasteiger partial charge in [0, 0.05) is 87.9 Å². The van der Waals surface area contributed by atoms with Gasteiger partial charge >= 0.3 is 0 Å². The van der Waals surface area contributed by atoms with Crippen LogP contribution in [0.3, 0.4) is 0 Å². The normalized spacial score (nSPS) is 12.0. The monoisotopic (exact) mass is 1220 g/mol. The molecule has 18 aromatic rings. The minimum Gasteiger partial charge on any atom is -0.308 e. The summed E-state index contributed by atoms with van der Waals surface area (Å²) in [6.45, 7) is 15.4. The standard InChI is InChI=1S/C87H62N6S/c1-48-45-89-83-65(49(48)2)33-34-67-51(4)53(6)82(92-86(67)83)76-38-37-69(71-13-8-9-14-72(71)76)58-23-25-59(26-24-58)70-16-12-17-77-75-32-19-55(42-80(75)94-87(70)77)41-63-46-90-84-68(54(63)7)36-35-66-50(3)52(5)81(91-85(66)84)60-27-20-56(21-28-60)61-29-22-57-30-31-64(44-62(57)43-61)93-78-18-11-10-15-73(78)74-39-40-88-47-79(74)93/h8-40,42-47H,41H2,1-7H3. The highest BCUT2D eigenvalue weighted by Crippen LogP contribution is 2.45. The van der Waals surface area contributed by atoms with Crippen LogP contribution in [0.25, 0.3) is 169 Å². The van der Waals surface area contributed by atoms with Crippen molar-refractivity contribution in [2.75, 3.05) is 0 Å². The van der Waals surface area contributed by atoms with Gasteiger partial charge in [0.25, 0.3) is 0 Å². The Hall–Kier alpha value is -11.3. The molecule has 0 unspecified atom stereocenters. The summed E-state index contributed by atoms with van der Waals surface area (Å²) in [7, 11) is 0. The Labute approximate surface area is 548 Å². The van der Waals surface area contributed by atoms with Crippen LogP contribution in [0.4, 0.5) is 0 Å². The summed E-state index contributed by atoms with van der Waals surface area (Å²) in [6, 6.07) is 78.4. The number of nitrogens with zero attached hydrogens (tertiary/aromatic N) is 6. The van der Waals surface area contributed by atoms with Crippen LogP contribution in [0.5, 0.6) is 0 Å². The minimum absolute atomic E-state index is 0.780. The molecule has 0 aliphatic carbocycles. The first-order valence-corrected chi connectivity index (χ1v) is 33.2. The van der Waals surface area contributed by atoms with E-state index in [-0.39, 0.29) is 0 Å². The van der Waals surface area contributed by atoms with Crippen molar-refractivity contribution < 1.29 is 0 Å². The summed E-state index contributed by atoms with van der Waals surface area (Å²) >= 11 is 1.89. The summed E-state index contributed by atoms with van der Waals surface area (Å²) in [5.74, 6) is 0. The molecule has 94 heavy (non-hydrogen) atoms. The fourth-order valence-corrected chi connectivity index (χ4v) is 16.4. The van der Waals surface area contributed by atoms with Gasteiger partial charge in [-0.3, -0.25) is 15.0 Å². The fourth-order valence-electron chi connectivity index (χ4n) is 15.1. The van der Waals surface area contributed by atoms with Crippen molar-refractivity contribution >= 4 is 118 Å². The van der Waals surface area contributed by atoms with E-state index in [2.05, 4.69) is 277 Å². The Morgan fingerprint density at radius 3 is 1.70 bits per heavy atom. The van der Waals surface area contributed by atoms with Crippen molar-refractivity contribution in [3.8, 4) is 61.6 Å². The lowest BCUT2D eigenvalue weighted by molar-refractivity contribution is 1.14. The lowest BCUT2D eigenvalue weighted by Crippen LogP contribution is -1.99. The van der Waals surface area contributed by atoms with E-state index < -0.39 is 0 Å². The highest BCUT2D eigenvalue weighted by atomic mass is 32.1. The molecule has 0 spiro atoms. The third-order valence-electron chi connectivity index (χ3n) is 20.7. The Morgan fingerprint density at radius 2 is 0.936 bits per heavy atom. The second kappa shape index (κ2) is 21.4. The number of hydrogen-bond donors (Lipinski definition) is 0. The predicted octanol–water partition coefficient (Wildman–Crippen LogP) is 23.1. The van der Waals surface area contributed by atoms with E-state index in [1.54, 1.807) is 0 Å². The maximum atomic E-state index is 5.48. The van der Waals surface area contributed by atoms with Crippen LogP contribution >= 0.6 is 11.3 Å². The van der Waals surface area contributed by atoms with Gasteiger partial charge in [-0.2, -0.15) is 0 Å². The van der Waals surface area contributed by atoms with E-state index in [0.717, 1.165) is 89.3 Å². The molecule has 0 saturated heterocycles. The maximum absolute atomic E-state index is 5.48. The zero-order valence-corrected chi connectivity index (χ0v) is 54.1. The van der Waals surface area contributed by atoms with Crippen LogP contribution in [-0.2, 0) is 6.42 Å². The van der Waals surface area contributed by atoms with E-state index in [1.165, 1.54) is 136 Å². The number of pyridine rings is 5. The van der Waals surface area contributed by atoms with Gasteiger partial charge in [0.1, 0.15) is 0 Å². The van der Waals surface area contributed by atoms with E-state index in [4.69, 9.17) is 19.9 Å². The van der Waals surface area contributed by atoms with Gasteiger partial charge in [0.15, 0.2) is 0 Å². The number of thiophene rings is 1. The van der Waals surface area contributed by atoms with Crippen LogP contribution in [-0.4, -0.2) is 29.5 Å². The number of rotatable bonds is 8. The molecule has 0 saturated carbocycles. The smallest absolute Gasteiger partial charge is 0.0975 e. The molecule has 0 aliphatic heterocycles. The first-order valence-electron chi connectivity index (χ1n) is 32.4. The van der Waals surface area contributed by atoms with Gasteiger partial charge < -0.3 is 4.57 Å². The van der Waals surface area contributed by atoms with Crippen molar-refractivity contribution in [2.24, 2.45) is 0 Å². The summed E-state index contributed by atoms with van der Waals surface area (Å²) in [4.78, 5) is 25.7. The van der Waals surface area contributed by atoms with Gasteiger partial charge in [0.2, 0.25) is 0 Å². The maximum Gasteiger partial charge on any atom is 0.0975 e. The van der Waals surface area contributed by atoms with Gasteiger partial charge in [0.05, 0.1) is 50.7 Å². The molecule has 11 aromatic carbocycles. The molecule has 0 aliphatic rings. The highest BCUT2D eigenvalue weighted by molar-refractivity contribution is 7.26. The average Bonchev–Trinajstić information content (AvgIpc) is 0.903. The first kappa shape index (κ1) is 55.6. The molecular weight excluding hydrogens is 1160 g/mol.